The molecule has 12 nitrogen and oxygen atoms in total. The molecule has 4 atom stereocenters. The van der Waals surface area contributed by atoms with E-state index in [0.29, 0.717) is 37.8 Å². The van der Waals surface area contributed by atoms with Crippen molar-refractivity contribution in [2.45, 2.75) is 91.5 Å². The van der Waals surface area contributed by atoms with Gasteiger partial charge in [0.15, 0.2) is 0 Å². The molecule has 2 N–H and O–H groups in total. The van der Waals surface area contributed by atoms with E-state index in [-0.39, 0.29) is 30.1 Å². The number of anilines is 2. The number of aromatic nitrogens is 2. The predicted octanol–water partition coefficient (Wildman–Crippen LogP) is 6.95. The molecule has 2 aliphatic rings. The molecule has 2 aromatic heterocycles. The largest absolute Gasteiger partial charge is 0.468 e. The third-order valence-corrected chi connectivity index (χ3v) is 11.7. The van der Waals surface area contributed by atoms with E-state index in [4.69, 9.17) is 29.7 Å². The Kier molecular flexibility index (Phi) is 13.2. The lowest BCUT2D eigenvalue weighted by atomic mass is 9.84. The van der Waals surface area contributed by atoms with Gasteiger partial charge in [0.2, 0.25) is 0 Å². The highest BCUT2D eigenvalue weighted by Crippen LogP contribution is 2.52. The minimum atomic E-state index is -0.601. The first kappa shape index (κ1) is 41.7. The summed E-state index contributed by atoms with van der Waals surface area (Å²) in [6.45, 7) is 15.0. The van der Waals surface area contributed by atoms with Gasteiger partial charge in [-0.2, -0.15) is 0 Å². The highest BCUT2D eigenvalue weighted by molar-refractivity contribution is 5.93. The van der Waals surface area contributed by atoms with E-state index in [0.717, 1.165) is 85.0 Å². The molecule has 1 aliphatic carbocycles. The molecule has 12 heteroatoms. The highest BCUT2D eigenvalue weighted by atomic mass is 16.5. The number of carbonyl (C=O) groups is 3. The van der Waals surface area contributed by atoms with Gasteiger partial charge in [0.05, 0.1) is 43.1 Å². The number of rotatable bonds is 18. The average Bonchev–Trinajstić information content (AvgIpc) is 3.95. The van der Waals surface area contributed by atoms with E-state index in [1.807, 2.05) is 25.3 Å². The van der Waals surface area contributed by atoms with Crippen LogP contribution in [-0.4, -0.2) is 81.0 Å². The van der Waals surface area contributed by atoms with Crippen LogP contribution in [0.25, 0.3) is 22.2 Å². The van der Waals surface area contributed by atoms with Crippen LogP contribution in [0.2, 0.25) is 0 Å². The Morgan fingerprint density at radius 3 is 2.44 bits per heavy atom. The monoisotopic (exact) mass is 781 g/mol. The summed E-state index contributed by atoms with van der Waals surface area (Å²) in [4.78, 5) is 44.6. The minimum absolute atomic E-state index is 0.255. The van der Waals surface area contributed by atoms with Crippen molar-refractivity contribution < 1.29 is 33.3 Å². The fraction of sp³-hybridized carbons (Fsp3) is 0.511. The number of pyridine rings is 1. The fourth-order valence-corrected chi connectivity index (χ4v) is 8.41. The number of benzene rings is 2. The second-order valence-electron chi connectivity index (χ2n) is 16.3. The van der Waals surface area contributed by atoms with Crippen molar-refractivity contribution in [1.29, 1.82) is 0 Å². The van der Waals surface area contributed by atoms with Gasteiger partial charge in [-0.05, 0) is 98.4 Å². The van der Waals surface area contributed by atoms with Crippen LogP contribution in [0.5, 0.6) is 0 Å². The number of hydrogen-bond donors (Lipinski definition) is 1. The van der Waals surface area contributed by atoms with Crippen LogP contribution < -0.4 is 15.5 Å². The molecule has 0 spiro atoms. The molecule has 0 bridgehead atoms. The van der Waals surface area contributed by atoms with E-state index >= 15 is 0 Å². The van der Waals surface area contributed by atoms with E-state index in [2.05, 4.69) is 71.5 Å². The Bertz CT molecular complexity index is 2050. The molecule has 0 amide bonds. The molecule has 57 heavy (non-hydrogen) atoms. The molecule has 4 aromatic rings. The molecule has 6 rings (SSSR count). The van der Waals surface area contributed by atoms with Gasteiger partial charge in [-0.3, -0.25) is 19.4 Å². The Hall–Kier alpha value is -4.94. The summed E-state index contributed by atoms with van der Waals surface area (Å²) in [5, 5.41) is 1.19. The summed E-state index contributed by atoms with van der Waals surface area (Å²) in [5.74, 6) is 0.206. The van der Waals surface area contributed by atoms with Crippen LogP contribution in [0.3, 0.4) is 0 Å². The maximum atomic E-state index is 12.0. The van der Waals surface area contributed by atoms with Crippen LogP contribution in [0.15, 0.2) is 54.7 Å². The number of nitrogens with two attached hydrogens (primary N) is 1. The SMILES string of the molecule is CCn1c(-c2cc(N3CCN(c4cccc(COC=O)c4)CC3)cnc2[C@H](C)OC)c(CC(C)(C)COC(C)=O)c2cc([C@@H]3C[C@H]3CC[C@H](N)C(=O)OC)ccc21. The van der Waals surface area contributed by atoms with Crippen LogP contribution in [0, 0.1) is 11.3 Å². The molecule has 3 heterocycles. The summed E-state index contributed by atoms with van der Waals surface area (Å²) in [6, 6.07) is 16.7. The van der Waals surface area contributed by atoms with Gasteiger partial charge in [0.1, 0.15) is 12.6 Å². The third-order valence-electron chi connectivity index (χ3n) is 11.7. The second-order valence-corrected chi connectivity index (χ2v) is 16.3. The first-order chi connectivity index (χ1) is 27.4. The molecule has 2 aromatic carbocycles. The van der Waals surface area contributed by atoms with Gasteiger partial charge in [-0.15, -0.1) is 0 Å². The first-order valence-corrected chi connectivity index (χ1v) is 20.2. The standard InChI is InChI=1S/C45H59N5O7/c1-8-50-41-15-13-33(36-21-32(36)12-14-40(46)44(53)55-7)22-37(41)39(24-45(4,5)27-57-30(3)52)43(50)38-23-35(25-47-42(38)29(2)54-6)49-18-16-48(17-19-49)34-11-9-10-31(20-34)26-56-28-51/h9-11,13,15,20,22-23,25,28-29,32,36,40H,8,12,14,16-19,21,24,26-27,46H2,1-7H3/t29-,32+,36+,40-/m0/s1. The summed E-state index contributed by atoms with van der Waals surface area (Å²) in [5.41, 5.74) is 15.5. The van der Waals surface area contributed by atoms with Crippen molar-refractivity contribution in [1.82, 2.24) is 9.55 Å². The van der Waals surface area contributed by atoms with Crippen molar-refractivity contribution in [2.75, 3.05) is 56.8 Å². The minimum Gasteiger partial charge on any atom is -0.468 e. The Morgan fingerprint density at radius 1 is 1.04 bits per heavy atom. The first-order valence-electron chi connectivity index (χ1n) is 20.2. The summed E-state index contributed by atoms with van der Waals surface area (Å²) >= 11 is 0. The van der Waals surface area contributed by atoms with Crippen molar-refractivity contribution >= 4 is 40.7 Å². The zero-order chi connectivity index (χ0) is 40.9. The van der Waals surface area contributed by atoms with Crippen molar-refractivity contribution in [3.8, 4) is 11.3 Å². The number of methoxy groups -OCH3 is 2. The molecule has 1 saturated carbocycles. The lowest BCUT2D eigenvalue weighted by molar-refractivity contribution is -0.144. The molecule has 0 unspecified atom stereocenters. The van der Waals surface area contributed by atoms with Crippen molar-refractivity contribution in [3.05, 3.63) is 77.1 Å². The van der Waals surface area contributed by atoms with E-state index in [9.17, 15) is 14.4 Å². The third kappa shape index (κ3) is 9.61. The lowest BCUT2D eigenvalue weighted by Gasteiger charge is -2.37. The molecule has 1 saturated heterocycles. The smallest absolute Gasteiger partial charge is 0.322 e. The van der Waals surface area contributed by atoms with Gasteiger partial charge in [0, 0.05) is 74.3 Å². The number of aryl methyl sites for hydroxylation is 1. The molecular weight excluding hydrogens is 723 g/mol. The summed E-state index contributed by atoms with van der Waals surface area (Å²) < 4.78 is 23.8. The average molecular weight is 782 g/mol. The van der Waals surface area contributed by atoms with Crippen molar-refractivity contribution in [3.63, 3.8) is 0 Å². The van der Waals surface area contributed by atoms with E-state index in [1.54, 1.807) is 7.11 Å². The number of hydrogen-bond acceptors (Lipinski definition) is 11. The highest BCUT2D eigenvalue weighted by Gasteiger charge is 2.39. The molecule has 306 valence electrons. The van der Waals surface area contributed by atoms with Crippen LogP contribution in [-0.2, 0) is 52.9 Å². The Balaban J connectivity index is 1.38. The topological polar surface area (TPSA) is 138 Å². The number of fused-ring (bicyclic) bond motifs is 1. The molecule has 0 radical (unpaired) electrons. The number of carbonyl (C=O) groups excluding carboxylic acids is 3. The lowest BCUT2D eigenvalue weighted by Crippen LogP contribution is -2.46. The number of ether oxygens (including phenoxy) is 4. The second kappa shape index (κ2) is 18.1. The number of nitrogens with zero attached hydrogens (tertiary/aromatic N) is 4. The fourth-order valence-electron chi connectivity index (χ4n) is 8.41. The van der Waals surface area contributed by atoms with E-state index in [1.165, 1.54) is 30.5 Å². The zero-order valence-corrected chi connectivity index (χ0v) is 34.6. The Morgan fingerprint density at radius 2 is 1.77 bits per heavy atom. The van der Waals surface area contributed by atoms with Crippen LogP contribution in [0.4, 0.5) is 11.4 Å². The quantitative estimate of drug-likeness (QED) is 0.0638. The summed E-state index contributed by atoms with van der Waals surface area (Å²) in [7, 11) is 3.10. The Labute approximate surface area is 336 Å². The normalized spacial score (nSPS) is 18.0. The van der Waals surface area contributed by atoms with E-state index < -0.39 is 6.04 Å². The molecule has 1 aliphatic heterocycles. The van der Waals surface area contributed by atoms with Crippen molar-refractivity contribution in [2.24, 2.45) is 17.1 Å². The molecular formula is C45H59N5O7. The van der Waals surface area contributed by atoms with Gasteiger partial charge in [-0.25, -0.2) is 0 Å². The molecule has 2 fully saturated rings. The van der Waals surface area contributed by atoms with Gasteiger partial charge in [-0.1, -0.05) is 32.0 Å². The maximum absolute atomic E-state index is 12.0. The zero-order valence-electron chi connectivity index (χ0n) is 34.6. The van der Waals surface area contributed by atoms with Crippen LogP contribution >= 0.6 is 0 Å². The number of piperazine rings is 1. The maximum Gasteiger partial charge on any atom is 0.322 e. The predicted molar refractivity (Wildman–Crippen MR) is 222 cm³/mol. The summed E-state index contributed by atoms with van der Waals surface area (Å²) in [6.07, 6.45) is 4.92. The van der Waals surface area contributed by atoms with Crippen LogP contribution in [0.1, 0.15) is 88.3 Å². The number of esters is 2. The van der Waals surface area contributed by atoms with Gasteiger partial charge < -0.3 is 39.0 Å². The van der Waals surface area contributed by atoms with Gasteiger partial charge in [0.25, 0.3) is 6.47 Å². The van der Waals surface area contributed by atoms with Gasteiger partial charge >= 0.3 is 11.9 Å².